The molecule has 1 saturated heterocycles. The zero-order valence-electron chi connectivity index (χ0n) is 17.0. The minimum atomic E-state index is -0.304. The summed E-state index contributed by atoms with van der Waals surface area (Å²) in [5.74, 6) is 0.784. The molecule has 2 fully saturated rings. The molecule has 0 bridgehead atoms. The van der Waals surface area contributed by atoms with Gasteiger partial charge >= 0.3 is 0 Å². The maximum atomic E-state index is 13.4. The topological polar surface area (TPSA) is 56.8 Å². The van der Waals surface area contributed by atoms with E-state index in [2.05, 4.69) is 5.32 Å². The van der Waals surface area contributed by atoms with E-state index in [0.29, 0.717) is 37.5 Å². The molecule has 1 aromatic rings. The molecule has 2 aliphatic rings. The first-order chi connectivity index (χ1) is 13.5. The Hall–Kier alpha value is -1.66. The normalized spacial score (nSPS) is 18.9. The van der Waals surface area contributed by atoms with Crippen LogP contribution in [0.15, 0.2) is 18.2 Å². The highest BCUT2D eigenvalue weighted by Gasteiger charge is 2.42. The molecule has 156 valence electrons. The van der Waals surface area contributed by atoms with Crippen LogP contribution in [0, 0.1) is 17.2 Å². The van der Waals surface area contributed by atoms with Gasteiger partial charge in [-0.25, -0.2) is 4.39 Å². The Labute approximate surface area is 166 Å². The number of ether oxygens (including phenoxy) is 3. The van der Waals surface area contributed by atoms with Crippen LogP contribution in [0.1, 0.15) is 51.0 Å². The van der Waals surface area contributed by atoms with Crippen LogP contribution in [0.5, 0.6) is 5.75 Å². The number of carbonyl (C=O) groups excluding carboxylic acids is 1. The highest BCUT2D eigenvalue weighted by Crippen LogP contribution is 2.44. The second kappa shape index (κ2) is 9.70. The fraction of sp³-hybridized carbons (Fsp3) is 0.682. The molecular formula is C22H32FNO4. The predicted molar refractivity (Wildman–Crippen MR) is 105 cm³/mol. The number of hydrogen-bond acceptors (Lipinski definition) is 4. The molecule has 1 saturated carbocycles. The molecule has 1 spiro atoms. The number of carbonyl (C=O) groups is 1. The van der Waals surface area contributed by atoms with Gasteiger partial charge in [0, 0.05) is 23.9 Å². The standard InChI is InChI=1S/C22H32FNO4/c1-16(2)19-4-3-18(23)13-20(19)28-12-11-26-10-9-24-21(25)17-5-7-22(8-6-17)14-27-15-22/h3-4,13,16-17H,5-12,14-15H2,1-2H3,(H,24,25). The lowest BCUT2D eigenvalue weighted by molar-refractivity contribution is -0.145. The Kier molecular flexibility index (Phi) is 7.30. The molecule has 1 aliphatic carbocycles. The van der Waals surface area contributed by atoms with Crippen LogP contribution in [0.2, 0.25) is 0 Å². The minimum Gasteiger partial charge on any atom is -0.491 e. The van der Waals surface area contributed by atoms with Crippen LogP contribution in [0.3, 0.4) is 0 Å². The highest BCUT2D eigenvalue weighted by molar-refractivity contribution is 5.78. The summed E-state index contributed by atoms with van der Waals surface area (Å²) in [5.41, 5.74) is 1.35. The molecular weight excluding hydrogens is 361 g/mol. The smallest absolute Gasteiger partial charge is 0.223 e. The van der Waals surface area contributed by atoms with Crippen molar-refractivity contribution in [3.05, 3.63) is 29.6 Å². The first-order valence-corrected chi connectivity index (χ1v) is 10.3. The summed E-state index contributed by atoms with van der Waals surface area (Å²) in [6.07, 6.45) is 4.10. The summed E-state index contributed by atoms with van der Waals surface area (Å²) >= 11 is 0. The Balaban J connectivity index is 1.26. The van der Waals surface area contributed by atoms with E-state index in [1.807, 2.05) is 13.8 Å². The second-order valence-corrected chi connectivity index (χ2v) is 8.36. The van der Waals surface area contributed by atoms with E-state index >= 15 is 0 Å². The SMILES string of the molecule is CC(C)c1ccc(F)cc1OCCOCCNC(=O)C1CCC2(CC1)COC2. The van der Waals surface area contributed by atoms with Crippen molar-refractivity contribution in [2.24, 2.45) is 11.3 Å². The first kappa shape index (κ1) is 21.1. The fourth-order valence-electron chi connectivity index (χ4n) is 3.99. The lowest BCUT2D eigenvalue weighted by Crippen LogP contribution is -2.47. The molecule has 28 heavy (non-hydrogen) atoms. The summed E-state index contributed by atoms with van der Waals surface area (Å²) < 4.78 is 30.0. The Morgan fingerprint density at radius 2 is 2.00 bits per heavy atom. The zero-order chi connectivity index (χ0) is 20.0. The van der Waals surface area contributed by atoms with Gasteiger partial charge in [-0.3, -0.25) is 4.79 Å². The molecule has 1 N–H and O–H groups in total. The molecule has 6 heteroatoms. The lowest BCUT2D eigenvalue weighted by atomic mass is 9.69. The Morgan fingerprint density at radius 3 is 2.64 bits per heavy atom. The van der Waals surface area contributed by atoms with Crippen LogP contribution in [-0.2, 0) is 14.3 Å². The van der Waals surface area contributed by atoms with Crippen molar-refractivity contribution in [1.29, 1.82) is 0 Å². The third-order valence-electron chi connectivity index (χ3n) is 5.86. The molecule has 1 heterocycles. The van der Waals surface area contributed by atoms with Gasteiger partial charge in [0.15, 0.2) is 0 Å². The van der Waals surface area contributed by atoms with Crippen molar-refractivity contribution in [2.75, 3.05) is 39.6 Å². The van der Waals surface area contributed by atoms with Crippen molar-refractivity contribution in [3.63, 3.8) is 0 Å². The van der Waals surface area contributed by atoms with E-state index in [-0.39, 0.29) is 23.6 Å². The summed E-state index contributed by atoms with van der Waals surface area (Å²) in [5, 5.41) is 2.97. The first-order valence-electron chi connectivity index (χ1n) is 10.3. The number of halogens is 1. The maximum absolute atomic E-state index is 13.4. The number of nitrogens with one attached hydrogen (secondary N) is 1. The summed E-state index contributed by atoms with van der Waals surface area (Å²) in [6, 6.07) is 4.63. The van der Waals surface area contributed by atoms with Crippen LogP contribution in [-0.4, -0.2) is 45.5 Å². The van der Waals surface area contributed by atoms with Gasteiger partial charge in [-0.15, -0.1) is 0 Å². The molecule has 0 aromatic heterocycles. The molecule has 1 aliphatic heterocycles. The third-order valence-corrected chi connectivity index (χ3v) is 5.86. The molecule has 0 atom stereocenters. The van der Waals surface area contributed by atoms with Gasteiger partial charge in [-0.2, -0.15) is 0 Å². The second-order valence-electron chi connectivity index (χ2n) is 8.36. The van der Waals surface area contributed by atoms with Gasteiger partial charge in [-0.05, 0) is 43.2 Å². The quantitative estimate of drug-likeness (QED) is 0.651. The van der Waals surface area contributed by atoms with Crippen LogP contribution < -0.4 is 10.1 Å². The Bertz CT molecular complexity index is 650. The van der Waals surface area contributed by atoms with Gasteiger partial charge in [-0.1, -0.05) is 19.9 Å². The minimum absolute atomic E-state index is 0.122. The van der Waals surface area contributed by atoms with Crippen LogP contribution in [0.4, 0.5) is 4.39 Å². The summed E-state index contributed by atoms with van der Waals surface area (Å²) in [6.45, 7) is 7.52. The van der Waals surface area contributed by atoms with E-state index in [1.54, 1.807) is 6.07 Å². The van der Waals surface area contributed by atoms with E-state index in [4.69, 9.17) is 14.2 Å². The summed E-state index contributed by atoms with van der Waals surface area (Å²) in [4.78, 5) is 12.3. The fourth-order valence-corrected chi connectivity index (χ4v) is 3.99. The van der Waals surface area contributed by atoms with Crippen molar-refractivity contribution in [2.45, 2.75) is 45.4 Å². The molecule has 0 unspecified atom stereocenters. The van der Waals surface area contributed by atoms with Gasteiger partial charge < -0.3 is 19.5 Å². The summed E-state index contributed by atoms with van der Waals surface area (Å²) in [7, 11) is 0. The van der Waals surface area contributed by atoms with Gasteiger partial charge in [0.1, 0.15) is 18.2 Å². The molecule has 1 aromatic carbocycles. The number of benzene rings is 1. The largest absolute Gasteiger partial charge is 0.491 e. The number of amides is 1. The van der Waals surface area contributed by atoms with Crippen molar-refractivity contribution in [1.82, 2.24) is 5.32 Å². The average molecular weight is 393 g/mol. The maximum Gasteiger partial charge on any atom is 0.223 e. The van der Waals surface area contributed by atoms with Crippen molar-refractivity contribution in [3.8, 4) is 5.75 Å². The van der Waals surface area contributed by atoms with Crippen LogP contribution >= 0.6 is 0 Å². The van der Waals surface area contributed by atoms with Crippen molar-refractivity contribution < 1.29 is 23.4 Å². The predicted octanol–water partition coefficient (Wildman–Crippen LogP) is 3.67. The zero-order valence-corrected chi connectivity index (χ0v) is 17.0. The molecule has 5 nitrogen and oxygen atoms in total. The van der Waals surface area contributed by atoms with Gasteiger partial charge in [0.05, 0.1) is 26.4 Å². The molecule has 1 amide bonds. The van der Waals surface area contributed by atoms with E-state index in [1.165, 1.54) is 12.1 Å². The van der Waals surface area contributed by atoms with E-state index < -0.39 is 0 Å². The number of rotatable bonds is 9. The highest BCUT2D eigenvalue weighted by atomic mass is 19.1. The average Bonchev–Trinajstić information content (AvgIpc) is 2.65. The Morgan fingerprint density at radius 1 is 1.25 bits per heavy atom. The molecule has 0 radical (unpaired) electrons. The van der Waals surface area contributed by atoms with E-state index in [0.717, 1.165) is 44.5 Å². The van der Waals surface area contributed by atoms with Crippen LogP contribution in [0.25, 0.3) is 0 Å². The third kappa shape index (κ3) is 5.45. The monoisotopic (exact) mass is 393 g/mol. The van der Waals surface area contributed by atoms with Gasteiger partial charge in [0.25, 0.3) is 0 Å². The van der Waals surface area contributed by atoms with Crippen molar-refractivity contribution >= 4 is 5.91 Å². The lowest BCUT2D eigenvalue weighted by Gasteiger charge is -2.45. The molecule has 3 rings (SSSR count). The van der Waals surface area contributed by atoms with Gasteiger partial charge in [0.2, 0.25) is 5.91 Å². The number of hydrogen-bond donors (Lipinski definition) is 1. The van der Waals surface area contributed by atoms with E-state index in [9.17, 15) is 9.18 Å².